The summed E-state index contributed by atoms with van der Waals surface area (Å²) in [7, 11) is 0. The molecule has 1 atom stereocenters. The molecule has 1 aliphatic carbocycles. The third-order valence-electron chi connectivity index (χ3n) is 4.15. The molecule has 0 radical (unpaired) electrons. The van der Waals surface area contributed by atoms with E-state index in [0.717, 1.165) is 36.1 Å². The standard InChI is InChI=1S/C16H21NO4/c18-14-5-1-4-13-12(14)3-2-6-15(13)21-11-16(19)17-7-9-20-10-8-17/h2-3,6,14,18H,1,4-5,7-11H2. The van der Waals surface area contributed by atoms with Crippen LogP contribution in [-0.2, 0) is 16.0 Å². The number of nitrogens with zero attached hydrogens (tertiary/aromatic N) is 1. The van der Waals surface area contributed by atoms with Crippen molar-refractivity contribution in [3.63, 3.8) is 0 Å². The molecular weight excluding hydrogens is 270 g/mol. The summed E-state index contributed by atoms with van der Waals surface area (Å²) in [6.07, 6.45) is 2.23. The van der Waals surface area contributed by atoms with Gasteiger partial charge in [-0.15, -0.1) is 0 Å². The van der Waals surface area contributed by atoms with Gasteiger partial charge in [-0.2, -0.15) is 0 Å². The number of aliphatic hydroxyl groups is 1. The fourth-order valence-corrected chi connectivity index (χ4v) is 2.97. The smallest absolute Gasteiger partial charge is 0.260 e. The lowest BCUT2D eigenvalue weighted by molar-refractivity contribution is -0.137. The number of hydrogen-bond donors (Lipinski definition) is 1. The van der Waals surface area contributed by atoms with Gasteiger partial charge in [0.15, 0.2) is 6.61 Å². The quantitative estimate of drug-likeness (QED) is 0.912. The molecule has 3 rings (SSSR count). The Labute approximate surface area is 124 Å². The molecule has 0 bridgehead atoms. The van der Waals surface area contributed by atoms with Gasteiger partial charge in [-0.25, -0.2) is 0 Å². The van der Waals surface area contributed by atoms with E-state index in [-0.39, 0.29) is 12.5 Å². The Balaban J connectivity index is 1.65. The maximum Gasteiger partial charge on any atom is 0.260 e. The minimum atomic E-state index is -0.410. The number of aliphatic hydroxyl groups excluding tert-OH is 1. The number of benzene rings is 1. The maximum absolute atomic E-state index is 12.1. The van der Waals surface area contributed by atoms with Crippen molar-refractivity contribution in [3.05, 3.63) is 29.3 Å². The number of morpholine rings is 1. The topological polar surface area (TPSA) is 59.0 Å². The molecule has 1 heterocycles. The molecule has 1 saturated heterocycles. The lowest BCUT2D eigenvalue weighted by atomic mass is 9.89. The van der Waals surface area contributed by atoms with Gasteiger partial charge in [0.05, 0.1) is 19.3 Å². The SMILES string of the molecule is O=C(COc1cccc2c1CCCC2O)N1CCOCC1. The summed E-state index contributed by atoms with van der Waals surface area (Å²) in [5, 5.41) is 10.0. The second-order valence-corrected chi connectivity index (χ2v) is 5.51. The predicted octanol–water partition coefficient (Wildman–Crippen LogP) is 1.29. The van der Waals surface area contributed by atoms with Gasteiger partial charge in [-0.05, 0) is 36.5 Å². The fraction of sp³-hybridized carbons (Fsp3) is 0.562. The first-order valence-electron chi connectivity index (χ1n) is 7.54. The number of carbonyl (C=O) groups is 1. The normalized spacial score (nSPS) is 21.8. The van der Waals surface area contributed by atoms with Gasteiger partial charge >= 0.3 is 0 Å². The van der Waals surface area contributed by atoms with Crippen molar-refractivity contribution >= 4 is 5.91 Å². The molecule has 0 spiro atoms. The average molecular weight is 291 g/mol. The summed E-state index contributed by atoms with van der Waals surface area (Å²) < 4.78 is 11.0. The van der Waals surface area contributed by atoms with E-state index in [0.29, 0.717) is 26.3 Å². The molecule has 1 aliphatic heterocycles. The highest BCUT2D eigenvalue weighted by Gasteiger charge is 2.22. The van der Waals surface area contributed by atoms with Crippen LogP contribution in [0, 0.1) is 0 Å². The van der Waals surface area contributed by atoms with E-state index in [2.05, 4.69) is 0 Å². The second-order valence-electron chi connectivity index (χ2n) is 5.51. The molecular formula is C16H21NO4. The molecule has 1 aromatic rings. The van der Waals surface area contributed by atoms with Crippen LogP contribution in [0.4, 0.5) is 0 Å². The van der Waals surface area contributed by atoms with E-state index >= 15 is 0 Å². The largest absolute Gasteiger partial charge is 0.483 e. The third kappa shape index (κ3) is 3.19. The van der Waals surface area contributed by atoms with Crippen molar-refractivity contribution < 1.29 is 19.4 Å². The maximum atomic E-state index is 12.1. The first kappa shape index (κ1) is 14.4. The number of carbonyl (C=O) groups excluding carboxylic acids is 1. The van der Waals surface area contributed by atoms with Crippen molar-refractivity contribution in [2.75, 3.05) is 32.9 Å². The Morgan fingerprint density at radius 3 is 3.00 bits per heavy atom. The monoisotopic (exact) mass is 291 g/mol. The summed E-state index contributed by atoms with van der Waals surface area (Å²) >= 11 is 0. The summed E-state index contributed by atoms with van der Waals surface area (Å²) in [6.45, 7) is 2.51. The van der Waals surface area contributed by atoms with Crippen LogP contribution in [0.3, 0.4) is 0 Å². The average Bonchev–Trinajstić information content (AvgIpc) is 2.54. The molecule has 1 aromatic carbocycles. The minimum absolute atomic E-state index is 0.00717. The molecule has 114 valence electrons. The van der Waals surface area contributed by atoms with Gasteiger partial charge in [0.1, 0.15) is 5.75 Å². The van der Waals surface area contributed by atoms with Crippen LogP contribution < -0.4 is 4.74 Å². The molecule has 5 nitrogen and oxygen atoms in total. The second kappa shape index (κ2) is 6.45. The first-order chi connectivity index (χ1) is 10.3. The summed E-state index contributed by atoms with van der Waals surface area (Å²) in [5.74, 6) is 0.722. The van der Waals surface area contributed by atoms with Gasteiger partial charge in [-0.3, -0.25) is 4.79 Å². The van der Waals surface area contributed by atoms with E-state index in [1.807, 2.05) is 18.2 Å². The Morgan fingerprint density at radius 1 is 1.38 bits per heavy atom. The minimum Gasteiger partial charge on any atom is -0.483 e. The molecule has 0 aromatic heterocycles. The zero-order chi connectivity index (χ0) is 14.7. The lowest BCUT2D eigenvalue weighted by Crippen LogP contribution is -2.43. The Kier molecular flexibility index (Phi) is 4.41. The van der Waals surface area contributed by atoms with E-state index in [1.54, 1.807) is 4.90 Å². The molecule has 1 N–H and O–H groups in total. The van der Waals surface area contributed by atoms with Crippen LogP contribution in [0.1, 0.15) is 30.1 Å². The fourth-order valence-electron chi connectivity index (χ4n) is 2.97. The van der Waals surface area contributed by atoms with E-state index in [1.165, 1.54) is 0 Å². The highest BCUT2D eigenvalue weighted by molar-refractivity contribution is 5.77. The number of rotatable bonds is 3. The molecule has 2 aliphatic rings. The number of hydrogen-bond acceptors (Lipinski definition) is 4. The van der Waals surface area contributed by atoms with Gasteiger partial charge in [0, 0.05) is 13.1 Å². The van der Waals surface area contributed by atoms with Crippen molar-refractivity contribution in [2.24, 2.45) is 0 Å². The molecule has 1 fully saturated rings. The zero-order valence-corrected chi connectivity index (χ0v) is 12.1. The van der Waals surface area contributed by atoms with Crippen molar-refractivity contribution in [1.29, 1.82) is 0 Å². The number of fused-ring (bicyclic) bond motifs is 1. The summed E-state index contributed by atoms with van der Waals surface area (Å²) in [6, 6.07) is 5.70. The van der Waals surface area contributed by atoms with Crippen LogP contribution in [0.2, 0.25) is 0 Å². The highest BCUT2D eigenvalue weighted by Crippen LogP contribution is 2.35. The molecule has 1 unspecified atom stereocenters. The number of amides is 1. The van der Waals surface area contributed by atoms with E-state index in [4.69, 9.17) is 9.47 Å². The van der Waals surface area contributed by atoms with Crippen LogP contribution in [0.5, 0.6) is 5.75 Å². The highest BCUT2D eigenvalue weighted by atomic mass is 16.5. The van der Waals surface area contributed by atoms with Crippen LogP contribution in [0.15, 0.2) is 18.2 Å². The molecule has 0 saturated carbocycles. The van der Waals surface area contributed by atoms with Crippen LogP contribution in [0.25, 0.3) is 0 Å². The summed E-state index contributed by atoms with van der Waals surface area (Å²) in [4.78, 5) is 13.9. The van der Waals surface area contributed by atoms with Crippen molar-refractivity contribution in [1.82, 2.24) is 4.90 Å². The van der Waals surface area contributed by atoms with Gasteiger partial charge < -0.3 is 19.5 Å². The Hall–Kier alpha value is -1.59. The van der Waals surface area contributed by atoms with Gasteiger partial charge in [0.2, 0.25) is 0 Å². The summed E-state index contributed by atoms with van der Waals surface area (Å²) in [5.41, 5.74) is 1.99. The van der Waals surface area contributed by atoms with E-state index in [9.17, 15) is 9.90 Å². The van der Waals surface area contributed by atoms with Crippen molar-refractivity contribution in [3.8, 4) is 5.75 Å². The van der Waals surface area contributed by atoms with Crippen LogP contribution >= 0.6 is 0 Å². The van der Waals surface area contributed by atoms with Crippen molar-refractivity contribution in [2.45, 2.75) is 25.4 Å². The van der Waals surface area contributed by atoms with E-state index < -0.39 is 6.10 Å². The Bertz CT molecular complexity index is 511. The molecule has 5 heteroatoms. The van der Waals surface area contributed by atoms with Gasteiger partial charge in [-0.1, -0.05) is 12.1 Å². The number of ether oxygens (including phenoxy) is 2. The van der Waals surface area contributed by atoms with Gasteiger partial charge in [0.25, 0.3) is 5.91 Å². The molecule has 1 amide bonds. The Morgan fingerprint density at radius 2 is 2.19 bits per heavy atom. The lowest BCUT2D eigenvalue weighted by Gasteiger charge is -2.27. The van der Waals surface area contributed by atoms with Crippen LogP contribution in [-0.4, -0.2) is 48.8 Å². The predicted molar refractivity (Wildman–Crippen MR) is 77.2 cm³/mol. The third-order valence-corrected chi connectivity index (χ3v) is 4.15. The molecule has 21 heavy (non-hydrogen) atoms. The first-order valence-corrected chi connectivity index (χ1v) is 7.54. The zero-order valence-electron chi connectivity index (χ0n) is 12.1.